The number of hydrogen-bond donors (Lipinski definition) is 2. The van der Waals surface area contributed by atoms with Crippen LogP contribution < -0.4 is 20.1 Å². The molecule has 2 N–H and O–H groups in total. The van der Waals surface area contributed by atoms with Crippen LogP contribution in [0.3, 0.4) is 0 Å². The molecule has 0 bridgehead atoms. The van der Waals surface area contributed by atoms with E-state index in [4.69, 9.17) is 9.47 Å². The van der Waals surface area contributed by atoms with Crippen LogP contribution in [0.25, 0.3) is 0 Å². The Kier molecular flexibility index (Phi) is 6.59. The van der Waals surface area contributed by atoms with Gasteiger partial charge in [0.05, 0.1) is 19.9 Å². The molecule has 2 aromatic rings. The fourth-order valence-corrected chi connectivity index (χ4v) is 2.18. The van der Waals surface area contributed by atoms with E-state index in [9.17, 15) is 4.79 Å². The van der Waals surface area contributed by atoms with E-state index in [1.165, 1.54) is 0 Å². The summed E-state index contributed by atoms with van der Waals surface area (Å²) in [5.41, 5.74) is 1.83. The van der Waals surface area contributed by atoms with Crippen molar-refractivity contribution in [3.63, 3.8) is 0 Å². The molecule has 0 fully saturated rings. The monoisotopic (exact) mass is 344 g/mol. The van der Waals surface area contributed by atoms with Crippen LogP contribution in [-0.2, 0) is 0 Å². The van der Waals surface area contributed by atoms with Crippen LogP contribution in [0.15, 0.2) is 36.5 Å². The van der Waals surface area contributed by atoms with E-state index in [0.29, 0.717) is 23.7 Å². The highest BCUT2D eigenvalue weighted by atomic mass is 16.5. The Bertz CT molecular complexity index is 719. The van der Waals surface area contributed by atoms with Gasteiger partial charge in [-0.2, -0.15) is 0 Å². The summed E-state index contributed by atoms with van der Waals surface area (Å²) in [6.45, 7) is 1.33. The number of benzene rings is 1. The average Bonchev–Trinajstić information content (AvgIpc) is 2.61. The normalized spacial score (nSPS) is 10.4. The zero-order valence-corrected chi connectivity index (χ0v) is 15.0. The van der Waals surface area contributed by atoms with E-state index < -0.39 is 0 Å². The van der Waals surface area contributed by atoms with Crippen LogP contribution in [0.2, 0.25) is 0 Å². The van der Waals surface area contributed by atoms with E-state index in [1.807, 2.05) is 37.2 Å². The van der Waals surface area contributed by atoms with Crippen molar-refractivity contribution in [2.75, 3.05) is 46.7 Å². The lowest BCUT2D eigenvalue weighted by atomic mass is 10.2. The van der Waals surface area contributed by atoms with Gasteiger partial charge in [0.2, 0.25) is 0 Å². The molecule has 7 heteroatoms. The van der Waals surface area contributed by atoms with E-state index in [0.717, 1.165) is 17.9 Å². The first-order valence-corrected chi connectivity index (χ1v) is 7.91. The fraction of sp³-hybridized carbons (Fsp3) is 0.333. The zero-order valence-electron chi connectivity index (χ0n) is 15.0. The lowest BCUT2D eigenvalue weighted by Crippen LogP contribution is -2.31. The summed E-state index contributed by atoms with van der Waals surface area (Å²) in [4.78, 5) is 18.3. The molecule has 0 spiro atoms. The number of nitrogens with zero attached hydrogens (tertiary/aromatic N) is 2. The van der Waals surface area contributed by atoms with Crippen LogP contribution in [0.1, 0.15) is 10.5 Å². The Balaban J connectivity index is 2.12. The standard InChI is InChI=1S/C18H24N4O3/c1-22(2)10-9-20-18(23)16-11-13(7-8-19-16)21-15-12-14(24-3)5-6-17(15)25-4/h5-8,11-12H,9-10H2,1-4H3,(H,19,21)(H,20,23). The van der Waals surface area contributed by atoms with E-state index >= 15 is 0 Å². The second kappa shape index (κ2) is 8.89. The van der Waals surface area contributed by atoms with Gasteiger partial charge in [-0.15, -0.1) is 0 Å². The molecule has 7 nitrogen and oxygen atoms in total. The number of pyridine rings is 1. The molecule has 1 amide bonds. The SMILES string of the molecule is COc1ccc(OC)c(Nc2ccnc(C(=O)NCCN(C)C)c2)c1. The minimum absolute atomic E-state index is 0.205. The van der Waals surface area contributed by atoms with Crippen molar-refractivity contribution in [1.82, 2.24) is 15.2 Å². The molecular formula is C18H24N4O3. The number of amides is 1. The number of methoxy groups -OCH3 is 2. The number of aromatic nitrogens is 1. The van der Waals surface area contributed by atoms with Crippen molar-refractivity contribution in [3.8, 4) is 11.5 Å². The lowest BCUT2D eigenvalue weighted by Gasteiger charge is -2.13. The van der Waals surface area contributed by atoms with Gasteiger partial charge in [0.1, 0.15) is 17.2 Å². The smallest absolute Gasteiger partial charge is 0.269 e. The number of rotatable bonds is 8. The molecule has 0 saturated carbocycles. The zero-order chi connectivity index (χ0) is 18.2. The predicted octanol–water partition coefficient (Wildman–Crippen LogP) is 2.13. The van der Waals surface area contributed by atoms with Gasteiger partial charge in [0, 0.05) is 31.0 Å². The Morgan fingerprint density at radius 2 is 1.96 bits per heavy atom. The first-order chi connectivity index (χ1) is 12.0. The first-order valence-electron chi connectivity index (χ1n) is 7.91. The van der Waals surface area contributed by atoms with Crippen LogP contribution in [0.5, 0.6) is 11.5 Å². The molecule has 1 aromatic carbocycles. The summed E-state index contributed by atoms with van der Waals surface area (Å²) in [6, 6.07) is 8.95. The van der Waals surface area contributed by atoms with Crippen LogP contribution >= 0.6 is 0 Å². The molecule has 1 heterocycles. The number of hydrogen-bond acceptors (Lipinski definition) is 6. The largest absolute Gasteiger partial charge is 0.497 e. The van der Waals surface area contributed by atoms with Crippen LogP contribution in [0, 0.1) is 0 Å². The number of carbonyl (C=O) groups is 1. The number of nitrogens with one attached hydrogen (secondary N) is 2. The minimum atomic E-state index is -0.205. The van der Waals surface area contributed by atoms with Gasteiger partial charge in [0.25, 0.3) is 5.91 Å². The number of likely N-dealkylation sites (N-methyl/N-ethyl adjacent to an activating group) is 1. The third-order valence-corrected chi connectivity index (χ3v) is 3.52. The number of ether oxygens (including phenoxy) is 2. The molecule has 25 heavy (non-hydrogen) atoms. The van der Waals surface area contributed by atoms with Crippen molar-refractivity contribution in [3.05, 3.63) is 42.2 Å². The molecule has 0 aliphatic carbocycles. The fourth-order valence-electron chi connectivity index (χ4n) is 2.18. The van der Waals surface area contributed by atoms with E-state index in [1.54, 1.807) is 32.5 Å². The molecular weight excluding hydrogens is 320 g/mol. The Morgan fingerprint density at radius 3 is 2.64 bits per heavy atom. The maximum atomic E-state index is 12.2. The second-order valence-electron chi connectivity index (χ2n) is 5.68. The average molecular weight is 344 g/mol. The molecule has 2 rings (SSSR count). The second-order valence-corrected chi connectivity index (χ2v) is 5.68. The molecule has 1 aromatic heterocycles. The molecule has 0 radical (unpaired) electrons. The van der Waals surface area contributed by atoms with Gasteiger partial charge in [-0.25, -0.2) is 0 Å². The molecule has 134 valence electrons. The summed E-state index contributed by atoms with van der Waals surface area (Å²) in [5, 5.41) is 6.08. The molecule has 0 saturated heterocycles. The van der Waals surface area contributed by atoms with Gasteiger partial charge in [-0.3, -0.25) is 9.78 Å². The predicted molar refractivity (Wildman–Crippen MR) is 98.0 cm³/mol. The van der Waals surface area contributed by atoms with E-state index in [-0.39, 0.29) is 5.91 Å². The summed E-state index contributed by atoms with van der Waals surface area (Å²) < 4.78 is 10.6. The quantitative estimate of drug-likeness (QED) is 0.764. The Hall–Kier alpha value is -2.80. The maximum absolute atomic E-state index is 12.2. The lowest BCUT2D eigenvalue weighted by molar-refractivity contribution is 0.0946. The van der Waals surface area contributed by atoms with Gasteiger partial charge in [0.15, 0.2) is 0 Å². The van der Waals surface area contributed by atoms with Crippen molar-refractivity contribution in [2.45, 2.75) is 0 Å². The summed E-state index contributed by atoms with van der Waals surface area (Å²) in [7, 11) is 7.12. The molecule has 0 aliphatic heterocycles. The van der Waals surface area contributed by atoms with Gasteiger partial charge in [-0.1, -0.05) is 0 Å². The van der Waals surface area contributed by atoms with Crippen LogP contribution in [-0.4, -0.2) is 57.2 Å². The van der Waals surface area contributed by atoms with Crippen molar-refractivity contribution in [1.29, 1.82) is 0 Å². The third-order valence-electron chi connectivity index (χ3n) is 3.52. The van der Waals surface area contributed by atoms with Gasteiger partial charge in [-0.05, 0) is 38.4 Å². The third kappa shape index (κ3) is 5.36. The minimum Gasteiger partial charge on any atom is -0.497 e. The summed E-state index contributed by atoms with van der Waals surface area (Å²) in [6.07, 6.45) is 1.59. The van der Waals surface area contributed by atoms with Gasteiger partial charge < -0.3 is 25.0 Å². The number of anilines is 2. The Labute approximate surface area is 148 Å². The van der Waals surface area contributed by atoms with Crippen LogP contribution in [0.4, 0.5) is 11.4 Å². The summed E-state index contributed by atoms with van der Waals surface area (Å²) >= 11 is 0. The van der Waals surface area contributed by atoms with Gasteiger partial charge >= 0.3 is 0 Å². The highest BCUT2D eigenvalue weighted by Gasteiger charge is 2.10. The maximum Gasteiger partial charge on any atom is 0.269 e. The molecule has 0 unspecified atom stereocenters. The first kappa shape index (κ1) is 18.5. The molecule has 0 atom stereocenters. The Morgan fingerprint density at radius 1 is 1.16 bits per heavy atom. The highest BCUT2D eigenvalue weighted by Crippen LogP contribution is 2.31. The van der Waals surface area contributed by atoms with Crippen molar-refractivity contribution in [2.24, 2.45) is 0 Å². The van der Waals surface area contributed by atoms with Crippen molar-refractivity contribution < 1.29 is 14.3 Å². The molecule has 0 aliphatic rings. The topological polar surface area (TPSA) is 75.7 Å². The summed E-state index contributed by atoms with van der Waals surface area (Å²) in [5.74, 6) is 1.18. The number of carbonyl (C=O) groups excluding carboxylic acids is 1. The van der Waals surface area contributed by atoms with E-state index in [2.05, 4.69) is 15.6 Å². The highest BCUT2D eigenvalue weighted by molar-refractivity contribution is 5.93. The van der Waals surface area contributed by atoms with Crippen molar-refractivity contribution >= 4 is 17.3 Å².